The van der Waals surface area contributed by atoms with Crippen molar-refractivity contribution in [3.63, 3.8) is 0 Å². The molecular formula is C14H20N2O3S. The minimum Gasteiger partial charge on any atom is -0.480 e. The van der Waals surface area contributed by atoms with Gasteiger partial charge in [0.15, 0.2) is 0 Å². The summed E-state index contributed by atoms with van der Waals surface area (Å²) in [4.78, 5) is 25.2. The molecule has 2 rings (SSSR count). The van der Waals surface area contributed by atoms with E-state index in [4.69, 9.17) is 5.11 Å². The van der Waals surface area contributed by atoms with Crippen molar-refractivity contribution in [2.45, 2.75) is 51.2 Å². The number of hydrogen-bond donors (Lipinski definition) is 2. The van der Waals surface area contributed by atoms with Crippen molar-refractivity contribution in [2.75, 3.05) is 0 Å². The van der Waals surface area contributed by atoms with Crippen LogP contribution in [0.5, 0.6) is 0 Å². The summed E-state index contributed by atoms with van der Waals surface area (Å²) < 4.78 is 0. The van der Waals surface area contributed by atoms with Gasteiger partial charge < -0.3 is 15.3 Å². The van der Waals surface area contributed by atoms with Crippen molar-refractivity contribution in [3.8, 4) is 0 Å². The molecule has 0 radical (unpaired) electrons. The molecule has 6 heteroatoms. The van der Waals surface area contributed by atoms with E-state index in [1.165, 1.54) is 0 Å². The second kappa shape index (κ2) is 6.74. The summed E-state index contributed by atoms with van der Waals surface area (Å²) in [5, 5.41) is 15.8. The first-order valence-electron chi connectivity index (χ1n) is 6.92. The Labute approximate surface area is 122 Å². The van der Waals surface area contributed by atoms with Crippen LogP contribution in [-0.4, -0.2) is 34.1 Å². The zero-order valence-electron chi connectivity index (χ0n) is 11.5. The maximum atomic E-state index is 12.3. The topological polar surface area (TPSA) is 69.6 Å². The molecule has 2 amide bonds. The normalized spacial score (nSPS) is 15.7. The third-order valence-corrected chi connectivity index (χ3v) is 4.09. The number of amides is 2. The summed E-state index contributed by atoms with van der Waals surface area (Å²) in [5.41, 5.74) is 1.10. The fourth-order valence-corrected chi connectivity index (χ4v) is 2.77. The minimum absolute atomic E-state index is 0.256. The van der Waals surface area contributed by atoms with Gasteiger partial charge in [-0.3, -0.25) is 0 Å². The van der Waals surface area contributed by atoms with Crippen LogP contribution in [0.15, 0.2) is 16.8 Å². The second-order valence-corrected chi connectivity index (χ2v) is 5.90. The van der Waals surface area contributed by atoms with Gasteiger partial charge in [0.1, 0.15) is 6.04 Å². The summed E-state index contributed by atoms with van der Waals surface area (Å²) in [6.07, 6.45) is 3.19. The molecule has 0 unspecified atom stereocenters. The first kappa shape index (κ1) is 14.8. The van der Waals surface area contributed by atoms with Gasteiger partial charge in [-0.2, -0.15) is 11.3 Å². The Morgan fingerprint density at radius 1 is 1.55 bits per heavy atom. The smallest absolute Gasteiger partial charge is 0.326 e. The van der Waals surface area contributed by atoms with Crippen LogP contribution in [0.1, 0.15) is 38.2 Å². The number of carbonyl (C=O) groups excluding carboxylic acids is 1. The molecule has 1 atom stereocenters. The average molecular weight is 296 g/mol. The maximum Gasteiger partial charge on any atom is 0.326 e. The molecule has 110 valence electrons. The summed E-state index contributed by atoms with van der Waals surface area (Å²) in [6.45, 7) is 2.46. The molecule has 0 saturated heterocycles. The monoisotopic (exact) mass is 296 g/mol. The highest BCUT2D eigenvalue weighted by Gasteiger charge is 2.34. The molecule has 1 saturated carbocycles. The molecule has 1 aliphatic rings. The van der Waals surface area contributed by atoms with Crippen LogP contribution in [0.3, 0.4) is 0 Å². The molecule has 0 aliphatic heterocycles. The maximum absolute atomic E-state index is 12.3. The molecule has 1 aromatic heterocycles. The van der Waals surface area contributed by atoms with Gasteiger partial charge >= 0.3 is 12.0 Å². The zero-order chi connectivity index (χ0) is 14.5. The standard InChI is InChI=1S/C14H20N2O3S/c1-2-3-12(13(17)18)15-14(19)16(11-4-5-11)8-10-6-7-20-9-10/h6-7,9,11-12H,2-5,8H2,1H3,(H,15,19)(H,17,18)/t12-/m1/s1. The third kappa shape index (κ3) is 3.96. The molecule has 0 aromatic carbocycles. The second-order valence-electron chi connectivity index (χ2n) is 5.12. The highest BCUT2D eigenvalue weighted by Crippen LogP contribution is 2.28. The number of aliphatic carboxylic acids is 1. The molecule has 20 heavy (non-hydrogen) atoms. The molecule has 2 N–H and O–H groups in total. The fourth-order valence-electron chi connectivity index (χ4n) is 2.11. The number of carboxylic acid groups (broad SMARTS) is 1. The Balaban J connectivity index is 1.97. The van der Waals surface area contributed by atoms with E-state index in [0.29, 0.717) is 13.0 Å². The van der Waals surface area contributed by atoms with E-state index < -0.39 is 12.0 Å². The number of thiophene rings is 1. The van der Waals surface area contributed by atoms with Crippen molar-refractivity contribution in [1.29, 1.82) is 0 Å². The van der Waals surface area contributed by atoms with Crippen LogP contribution in [0.4, 0.5) is 4.79 Å². The quantitative estimate of drug-likeness (QED) is 0.812. The summed E-state index contributed by atoms with van der Waals surface area (Å²) in [6, 6.07) is 1.19. The molecular weight excluding hydrogens is 276 g/mol. The summed E-state index contributed by atoms with van der Waals surface area (Å²) >= 11 is 1.60. The predicted octanol–water partition coefficient (Wildman–Crippen LogP) is 2.68. The van der Waals surface area contributed by atoms with Crippen LogP contribution in [0.25, 0.3) is 0 Å². The van der Waals surface area contributed by atoms with Gasteiger partial charge in [0.05, 0.1) is 0 Å². The SMILES string of the molecule is CCC[C@@H](NC(=O)N(Cc1ccsc1)C1CC1)C(=O)O. The number of carboxylic acids is 1. The molecule has 0 spiro atoms. The number of urea groups is 1. The molecule has 1 heterocycles. The van der Waals surface area contributed by atoms with Crippen molar-refractivity contribution < 1.29 is 14.7 Å². The largest absolute Gasteiger partial charge is 0.480 e. The Morgan fingerprint density at radius 2 is 2.30 bits per heavy atom. The third-order valence-electron chi connectivity index (χ3n) is 3.35. The number of nitrogens with zero attached hydrogens (tertiary/aromatic N) is 1. The van der Waals surface area contributed by atoms with Gasteiger partial charge in [0.25, 0.3) is 0 Å². The lowest BCUT2D eigenvalue weighted by atomic mass is 10.2. The lowest BCUT2D eigenvalue weighted by Crippen LogP contribution is -2.48. The van der Waals surface area contributed by atoms with Crippen LogP contribution < -0.4 is 5.32 Å². The Hall–Kier alpha value is -1.56. The number of hydrogen-bond acceptors (Lipinski definition) is 3. The number of carbonyl (C=O) groups is 2. The van der Waals surface area contributed by atoms with Crippen LogP contribution in [0, 0.1) is 0 Å². The van der Waals surface area contributed by atoms with Gasteiger partial charge in [-0.05, 0) is 41.7 Å². The highest BCUT2D eigenvalue weighted by atomic mass is 32.1. The first-order chi connectivity index (χ1) is 9.61. The van der Waals surface area contributed by atoms with Gasteiger partial charge in [-0.25, -0.2) is 9.59 Å². The fraction of sp³-hybridized carbons (Fsp3) is 0.571. The summed E-state index contributed by atoms with van der Waals surface area (Å²) in [7, 11) is 0. The van der Waals surface area contributed by atoms with Crippen molar-refractivity contribution in [1.82, 2.24) is 10.2 Å². The van der Waals surface area contributed by atoms with Gasteiger partial charge in [-0.15, -0.1) is 0 Å². The predicted molar refractivity (Wildman–Crippen MR) is 77.7 cm³/mol. The van der Waals surface area contributed by atoms with E-state index in [9.17, 15) is 9.59 Å². The van der Waals surface area contributed by atoms with Gasteiger partial charge in [-0.1, -0.05) is 13.3 Å². The molecule has 5 nitrogen and oxygen atoms in total. The average Bonchev–Trinajstić information content (AvgIpc) is 3.12. The van der Waals surface area contributed by atoms with Gasteiger partial charge in [0, 0.05) is 12.6 Å². The van der Waals surface area contributed by atoms with Crippen LogP contribution >= 0.6 is 11.3 Å². The lowest BCUT2D eigenvalue weighted by molar-refractivity contribution is -0.139. The first-order valence-corrected chi connectivity index (χ1v) is 7.87. The van der Waals surface area contributed by atoms with E-state index >= 15 is 0 Å². The lowest BCUT2D eigenvalue weighted by Gasteiger charge is -2.24. The molecule has 1 fully saturated rings. The Kier molecular flexibility index (Phi) is 5.00. The molecule has 0 bridgehead atoms. The van der Waals surface area contributed by atoms with E-state index in [2.05, 4.69) is 5.32 Å². The summed E-state index contributed by atoms with van der Waals surface area (Å²) in [5.74, 6) is -0.966. The van der Waals surface area contributed by atoms with Crippen molar-refractivity contribution >= 4 is 23.3 Å². The van der Waals surface area contributed by atoms with E-state index in [1.807, 2.05) is 23.8 Å². The molecule has 1 aliphatic carbocycles. The zero-order valence-corrected chi connectivity index (χ0v) is 12.4. The van der Waals surface area contributed by atoms with E-state index in [-0.39, 0.29) is 12.1 Å². The number of rotatable bonds is 7. The van der Waals surface area contributed by atoms with E-state index in [0.717, 1.165) is 24.8 Å². The minimum atomic E-state index is -0.966. The Bertz CT molecular complexity index is 457. The van der Waals surface area contributed by atoms with Crippen molar-refractivity contribution in [2.24, 2.45) is 0 Å². The van der Waals surface area contributed by atoms with E-state index in [1.54, 1.807) is 16.2 Å². The molecule has 1 aromatic rings. The highest BCUT2D eigenvalue weighted by molar-refractivity contribution is 7.07. The van der Waals surface area contributed by atoms with Crippen LogP contribution in [0.2, 0.25) is 0 Å². The van der Waals surface area contributed by atoms with Crippen LogP contribution in [-0.2, 0) is 11.3 Å². The Morgan fingerprint density at radius 3 is 2.80 bits per heavy atom. The number of nitrogens with one attached hydrogen (secondary N) is 1. The van der Waals surface area contributed by atoms with Gasteiger partial charge in [0.2, 0.25) is 0 Å². The van der Waals surface area contributed by atoms with Crippen molar-refractivity contribution in [3.05, 3.63) is 22.4 Å².